The molecule has 19 heavy (non-hydrogen) atoms. The number of nitrogens with one attached hydrogen (secondary N) is 1. The van der Waals surface area contributed by atoms with Gasteiger partial charge in [0.1, 0.15) is 5.82 Å². The summed E-state index contributed by atoms with van der Waals surface area (Å²) in [6.45, 7) is 0.918. The van der Waals surface area contributed by atoms with Crippen LogP contribution in [0, 0.1) is 5.82 Å². The number of rotatable bonds is 5. The molecule has 0 fully saturated rings. The van der Waals surface area contributed by atoms with Crippen LogP contribution >= 0.6 is 15.9 Å². The number of aliphatic hydroxyl groups excluding tert-OH is 2. The monoisotopic (exact) mass is 334 g/mol. The van der Waals surface area contributed by atoms with Crippen molar-refractivity contribution in [2.24, 2.45) is 0 Å². The van der Waals surface area contributed by atoms with Crippen LogP contribution in [0.25, 0.3) is 0 Å². The van der Waals surface area contributed by atoms with Gasteiger partial charge >= 0.3 is 0 Å². The van der Waals surface area contributed by atoms with Gasteiger partial charge < -0.3 is 21.3 Å². The molecule has 0 aliphatic rings. The van der Waals surface area contributed by atoms with E-state index in [4.69, 9.17) is 5.73 Å². The molecule has 0 aliphatic heterocycles. The Balaban J connectivity index is 3.04. The predicted octanol–water partition coefficient (Wildman–Crippen LogP) is 1.03. The van der Waals surface area contributed by atoms with Crippen LogP contribution in [0.15, 0.2) is 16.6 Å². The summed E-state index contributed by atoms with van der Waals surface area (Å²) in [6, 6.07) is 2.29. The summed E-state index contributed by atoms with van der Waals surface area (Å²) in [4.78, 5) is 12.1. The Morgan fingerprint density at radius 2 is 2.05 bits per heavy atom. The zero-order valence-electron chi connectivity index (χ0n) is 10.4. The second kappa shape index (κ2) is 6.31. The highest BCUT2D eigenvalue weighted by Crippen LogP contribution is 2.23. The fraction of sp³-hybridized carbons (Fsp3) is 0.417. The van der Waals surface area contributed by atoms with Crippen molar-refractivity contribution in [3.05, 3.63) is 28.0 Å². The largest absolute Gasteiger partial charge is 0.396 e. The molecule has 0 aliphatic carbocycles. The normalized spacial score (nSPS) is 11.4. The number of nitrogens with two attached hydrogens (primary N) is 1. The SMILES string of the molecule is CCC(CO)(CO)NC(=O)c1cc(N)c(F)cc1Br. The molecule has 5 nitrogen and oxygen atoms in total. The molecule has 1 aromatic carbocycles. The summed E-state index contributed by atoms with van der Waals surface area (Å²) in [5, 5.41) is 21.1. The van der Waals surface area contributed by atoms with Gasteiger partial charge in [-0.2, -0.15) is 0 Å². The fourth-order valence-corrected chi connectivity index (χ4v) is 1.98. The lowest BCUT2D eigenvalue weighted by Gasteiger charge is -2.29. The standard InChI is InChI=1S/C12H16BrFN2O3/c1-2-12(5-17,6-18)16-11(19)7-3-10(15)9(14)4-8(7)13/h3-4,17-18H,2,5-6,15H2,1H3,(H,16,19). The number of carbonyl (C=O) groups excluding carboxylic acids is 1. The molecule has 1 amide bonds. The second-order valence-electron chi connectivity index (χ2n) is 4.26. The van der Waals surface area contributed by atoms with Crippen LogP contribution in [0.3, 0.4) is 0 Å². The zero-order valence-corrected chi connectivity index (χ0v) is 12.0. The summed E-state index contributed by atoms with van der Waals surface area (Å²) in [7, 11) is 0. The van der Waals surface area contributed by atoms with E-state index in [9.17, 15) is 19.4 Å². The van der Waals surface area contributed by atoms with E-state index in [0.29, 0.717) is 6.42 Å². The van der Waals surface area contributed by atoms with E-state index in [1.54, 1.807) is 6.92 Å². The molecular weight excluding hydrogens is 319 g/mol. The van der Waals surface area contributed by atoms with Gasteiger partial charge in [-0.1, -0.05) is 6.92 Å². The average Bonchev–Trinajstić information content (AvgIpc) is 2.40. The Morgan fingerprint density at radius 3 is 2.53 bits per heavy atom. The number of hydrogen-bond donors (Lipinski definition) is 4. The minimum absolute atomic E-state index is 0.138. The Bertz CT molecular complexity index is 470. The van der Waals surface area contributed by atoms with E-state index in [1.165, 1.54) is 6.07 Å². The molecule has 0 spiro atoms. The predicted molar refractivity (Wildman–Crippen MR) is 73.2 cm³/mol. The Kier molecular flexibility index (Phi) is 5.28. The van der Waals surface area contributed by atoms with Crippen molar-refractivity contribution in [2.75, 3.05) is 18.9 Å². The Labute approximate surface area is 118 Å². The van der Waals surface area contributed by atoms with Crippen molar-refractivity contribution in [1.29, 1.82) is 0 Å². The number of benzene rings is 1. The smallest absolute Gasteiger partial charge is 0.253 e. The summed E-state index contributed by atoms with van der Waals surface area (Å²) in [5.74, 6) is -1.18. The van der Waals surface area contributed by atoms with Crippen molar-refractivity contribution >= 4 is 27.5 Å². The molecule has 0 saturated heterocycles. The first kappa shape index (κ1) is 15.9. The second-order valence-corrected chi connectivity index (χ2v) is 5.11. The van der Waals surface area contributed by atoms with Gasteiger partial charge in [0, 0.05) is 4.47 Å². The third-order valence-electron chi connectivity index (χ3n) is 2.99. The van der Waals surface area contributed by atoms with Crippen LogP contribution in [-0.2, 0) is 0 Å². The lowest BCUT2D eigenvalue weighted by Crippen LogP contribution is -2.53. The van der Waals surface area contributed by atoms with Crippen LogP contribution < -0.4 is 11.1 Å². The number of carbonyl (C=O) groups is 1. The quantitative estimate of drug-likeness (QED) is 0.605. The highest BCUT2D eigenvalue weighted by atomic mass is 79.9. The van der Waals surface area contributed by atoms with E-state index >= 15 is 0 Å². The first-order chi connectivity index (χ1) is 8.89. The van der Waals surface area contributed by atoms with Crippen LogP contribution in [0.1, 0.15) is 23.7 Å². The van der Waals surface area contributed by atoms with Gasteiger partial charge in [-0.15, -0.1) is 0 Å². The van der Waals surface area contributed by atoms with Crippen LogP contribution in [0.5, 0.6) is 0 Å². The molecule has 0 saturated carbocycles. The minimum Gasteiger partial charge on any atom is -0.396 e. The lowest BCUT2D eigenvalue weighted by atomic mass is 9.97. The molecule has 0 bridgehead atoms. The maximum atomic E-state index is 13.2. The number of anilines is 1. The molecule has 7 heteroatoms. The summed E-state index contributed by atoms with van der Waals surface area (Å²) in [5.41, 5.74) is 4.29. The molecular formula is C12H16BrFN2O3. The third-order valence-corrected chi connectivity index (χ3v) is 3.65. The third kappa shape index (κ3) is 3.43. The number of hydrogen-bond acceptors (Lipinski definition) is 4. The molecule has 1 aromatic rings. The van der Waals surface area contributed by atoms with E-state index in [2.05, 4.69) is 21.2 Å². The van der Waals surface area contributed by atoms with Crippen LogP contribution in [0.4, 0.5) is 10.1 Å². The Hall–Kier alpha value is -1.18. The molecule has 106 valence electrons. The minimum atomic E-state index is -1.11. The highest BCUT2D eigenvalue weighted by molar-refractivity contribution is 9.10. The summed E-state index contributed by atoms with van der Waals surface area (Å²) >= 11 is 3.07. The van der Waals surface area contributed by atoms with Crippen LogP contribution in [0.2, 0.25) is 0 Å². The highest BCUT2D eigenvalue weighted by Gasteiger charge is 2.29. The summed E-state index contributed by atoms with van der Waals surface area (Å²) < 4.78 is 13.4. The molecule has 0 heterocycles. The van der Waals surface area contributed by atoms with Gasteiger partial charge in [0.15, 0.2) is 0 Å². The number of halogens is 2. The van der Waals surface area contributed by atoms with Crippen molar-refractivity contribution < 1.29 is 19.4 Å². The first-order valence-corrected chi connectivity index (χ1v) is 6.47. The van der Waals surface area contributed by atoms with Gasteiger partial charge in [-0.25, -0.2) is 4.39 Å². The molecule has 0 unspecified atom stereocenters. The van der Waals surface area contributed by atoms with E-state index < -0.39 is 30.5 Å². The molecule has 0 aromatic heterocycles. The maximum Gasteiger partial charge on any atom is 0.253 e. The topological polar surface area (TPSA) is 95.6 Å². The molecule has 0 atom stereocenters. The first-order valence-electron chi connectivity index (χ1n) is 5.68. The number of nitrogen functional groups attached to an aromatic ring is 1. The summed E-state index contributed by atoms with van der Waals surface area (Å²) in [6.07, 6.45) is 0.347. The lowest BCUT2D eigenvalue weighted by molar-refractivity contribution is 0.0652. The van der Waals surface area contributed by atoms with Crippen molar-refractivity contribution in [3.8, 4) is 0 Å². The molecule has 1 rings (SSSR count). The van der Waals surface area contributed by atoms with E-state index in [0.717, 1.165) is 6.07 Å². The van der Waals surface area contributed by atoms with Gasteiger partial charge in [0.05, 0.1) is 30.0 Å². The van der Waals surface area contributed by atoms with E-state index in [-0.39, 0.29) is 15.7 Å². The van der Waals surface area contributed by atoms with Gasteiger partial charge in [0.25, 0.3) is 5.91 Å². The fourth-order valence-electron chi connectivity index (χ4n) is 1.49. The van der Waals surface area contributed by atoms with Gasteiger partial charge in [-0.3, -0.25) is 4.79 Å². The Morgan fingerprint density at radius 1 is 1.47 bits per heavy atom. The average molecular weight is 335 g/mol. The molecule has 5 N–H and O–H groups in total. The number of amides is 1. The van der Waals surface area contributed by atoms with Gasteiger partial charge in [-0.05, 0) is 34.5 Å². The maximum absolute atomic E-state index is 13.2. The zero-order chi connectivity index (χ0) is 14.6. The van der Waals surface area contributed by atoms with Crippen molar-refractivity contribution in [3.63, 3.8) is 0 Å². The van der Waals surface area contributed by atoms with E-state index in [1.807, 2.05) is 0 Å². The number of aliphatic hydroxyl groups is 2. The van der Waals surface area contributed by atoms with Crippen LogP contribution in [-0.4, -0.2) is 34.9 Å². The van der Waals surface area contributed by atoms with Gasteiger partial charge in [0.2, 0.25) is 0 Å². The van der Waals surface area contributed by atoms with Crippen molar-refractivity contribution in [1.82, 2.24) is 5.32 Å². The van der Waals surface area contributed by atoms with Crippen molar-refractivity contribution in [2.45, 2.75) is 18.9 Å². The molecule has 0 radical (unpaired) electrons.